The largest absolute Gasteiger partial charge is 0.330 e. The Bertz CT molecular complexity index is 464. The molecular weight excluding hydrogens is 240 g/mol. The van der Waals surface area contributed by atoms with Crippen LogP contribution >= 0.6 is 0 Å². The van der Waals surface area contributed by atoms with Crippen LogP contribution in [0.25, 0.3) is 0 Å². The van der Waals surface area contributed by atoms with Crippen molar-refractivity contribution in [2.24, 2.45) is 0 Å². The number of carbonyl (C=O) groups is 2. The third kappa shape index (κ3) is 2.36. The first-order valence-electron chi connectivity index (χ1n) is 5.17. The van der Waals surface area contributed by atoms with E-state index >= 15 is 0 Å². The number of imide groups is 1. The summed E-state index contributed by atoms with van der Waals surface area (Å²) in [5.74, 6) is -0.832. The van der Waals surface area contributed by atoms with Gasteiger partial charge in [0.25, 0.3) is 0 Å². The highest BCUT2D eigenvalue weighted by atomic mass is 16.6. The van der Waals surface area contributed by atoms with E-state index in [2.05, 4.69) is 0 Å². The van der Waals surface area contributed by atoms with Crippen molar-refractivity contribution in [3.05, 3.63) is 21.9 Å². The molecule has 98 valence electrons. The predicted octanol–water partition coefficient (Wildman–Crippen LogP) is -0.618. The molecule has 0 aromatic carbocycles. The molecule has 1 fully saturated rings. The summed E-state index contributed by atoms with van der Waals surface area (Å²) < 4.78 is 1.66. The maximum absolute atomic E-state index is 11.7. The van der Waals surface area contributed by atoms with Crippen LogP contribution in [0.3, 0.4) is 0 Å². The first-order chi connectivity index (χ1) is 8.27. The summed E-state index contributed by atoms with van der Waals surface area (Å²) >= 11 is 0. The number of nitrogens with zero attached hydrogens (tertiary/aromatic N) is 4. The van der Waals surface area contributed by atoms with Gasteiger partial charge in [0, 0.05) is 25.1 Å². The van der Waals surface area contributed by atoms with E-state index in [1.54, 1.807) is 24.9 Å². The minimum absolute atomic E-state index is 0.0572. The zero-order chi connectivity index (χ0) is 14.0. The second kappa shape index (κ2) is 4.94. The van der Waals surface area contributed by atoms with E-state index in [4.69, 9.17) is 0 Å². The molecule has 8 nitrogen and oxygen atoms in total. The minimum atomic E-state index is -1.55. The topological polar surface area (TPSA) is 86.8 Å². The number of allylic oxidation sites excluding steroid dienone is 1. The van der Waals surface area contributed by atoms with Gasteiger partial charge in [-0.2, -0.15) is 0 Å². The van der Waals surface area contributed by atoms with Crippen LogP contribution in [0.2, 0.25) is 0 Å². The third-order valence-corrected chi connectivity index (χ3v) is 2.56. The van der Waals surface area contributed by atoms with Gasteiger partial charge in [-0.15, -0.1) is 0 Å². The fourth-order valence-corrected chi connectivity index (χ4v) is 1.55. The Hall–Kier alpha value is -2.25. The van der Waals surface area contributed by atoms with Crippen LogP contribution in [0, 0.1) is 10.1 Å². The summed E-state index contributed by atoms with van der Waals surface area (Å²) in [6, 6.07) is -2.13. The van der Waals surface area contributed by atoms with Crippen LogP contribution in [-0.2, 0) is 4.79 Å². The van der Waals surface area contributed by atoms with Crippen molar-refractivity contribution >= 4 is 18.2 Å². The summed E-state index contributed by atoms with van der Waals surface area (Å²) in [5, 5.41) is 11.0. The average Bonchev–Trinajstić information content (AvgIpc) is 2.28. The second-order valence-electron chi connectivity index (χ2n) is 4.13. The van der Waals surface area contributed by atoms with E-state index in [0.717, 1.165) is 9.80 Å². The van der Waals surface area contributed by atoms with Gasteiger partial charge in [-0.3, -0.25) is 24.7 Å². The molecule has 1 heterocycles. The van der Waals surface area contributed by atoms with Crippen LogP contribution in [-0.4, -0.2) is 71.7 Å². The Morgan fingerprint density at radius 3 is 2.22 bits per heavy atom. The van der Waals surface area contributed by atoms with Gasteiger partial charge in [0.1, 0.15) is 19.8 Å². The summed E-state index contributed by atoms with van der Waals surface area (Å²) in [5.41, 5.74) is 0.0572. The molecule has 1 unspecified atom stereocenters. The normalized spacial score (nSPS) is 22.4. The summed E-state index contributed by atoms with van der Waals surface area (Å²) in [6.07, 6.45) is 2.95. The Morgan fingerprint density at radius 2 is 1.78 bits per heavy atom. The van der Waals surface area contributed by atoms with Gasteiger partial charge in [-0.05, 0) is 0 Å². The van der Waals surface area contributed by atoms with Crippen LogP contribution in [0.15, 0.2) is 11.8 Å². The van der Waals surface area contributed by atoms with Crippen molar-refractivity contribution < 1.29 is 19.1 Å². The van der Waals surface area contributed by atoms with Crippen LogP contribution in [0.1, 0.15) is 0 Å². The van der Waals surface area contributed by atoms with Gasteiger partial charge >= 0.3 is 18.0 Å². The monoisotopic (exact) mass is 255 g/mol. The van der Waals surface area contributed by atoms with Crippen LogP contribution in [0.5, 0.6) is 0 Å². The lowest BCUT2D eigenvalue weighted by Gasteiger charge is -2.32. The summed E-state index contributed by atoms with van der Waals surface area (Å²) in [7, 11) is 6.09. The van der Waals surface area contributed by atoms with Gasteiger partial charge in [0.15, 0.2) is 6.21 Å². The Labute approximate surface area is 104 Å². The van der Waals surface area contributed by atoms with Crippen molar-refractivity contribution in [3.8, 4) is 0 Å². The lowest BCUT2D eigenvalue weighted by atomic mass is 10.1. The van der Waals surface area contributed by atoms with Gasteiger partial charge in [-0.1, -0.05) is 0 Å². The molecule has 1 rings (SSSR count). The third-order valence-electron chi connectivity index (χ3n) is 2.56. The van der Waals surface area contributed by atoms with Crippen molar-refractivity contribution in [3.63, 3.8) is 0 Å². The van der Waals surface area contributed by atoms with E-state index in [-0.39, 0.29) is 5.70 Å². The molecule has 0 spiro atoms. The van der Waals surface area contributed by atoms with Gasteiger partial charge in [0.05, 0.1) is 0 Å². The summed E-state index contributed by atoms with van der Waals surface area (Å²) in [6.45, 7) is 0. The van der Waals surface area contributed by atoms with E-state index in [9.17, 15) is 19.7 Å². The fraction of sp³-hybridized carbons (Fsp3) is 0.500. The lowest BCUT2D eigenvalue weighted by Crippen LogP contribution is -2.57. The fourth-order valence-electron chi connectivity index (χ4n) is 1.55. The average molecular weight is 255 g/mol. The van der Waals surface area contributed by atoms with Gasteiger partial charge in [0.2, 0.25) is 0 Å². The molecular formula is C10H15N4O4+. The Balaban J connectivity index is 3.29. The molecule has 1 saturated heterocycles. The van der Waals surface area contributed by atoms with Crippen molar-refractivity contribution in [1.82, 2.24) is 9.80 Å². The minimum Gasteiger partial charge on any atom is -0.293 e. The molecule has 0 radical (unpaired) electrons. The molecule has 18 heavy (non-hydrogen) atoms. The summed E-state index contributed by atoms with van der Waals surface area (Å²) in [4.78, 5) is 35.6. The van der Waals surface area contributed by atoms with Gasteiger partial charge < -0.3 is 0 Å². The molecule has 1 atom stereocenters. The van der Waals surface area contributed by atoms with Crippen molar-refractivity contribution in [1.29, 1.82) is 0 Å². The maximum Gasteiger partial charge on any atom is 0.330 e. The Morgan fingerprint density at radius 1 is 1.22 bits per heavy atom. The zero-order valence-electron chi connectivity index (χ0n) is 10.7. The molecule has 1 aliphatic heterocycles. The van der Waals surface area contributed by atoms with Gasteiger partial charge in [-0.25, -0.2) is 9.37 Å². The van der Waals surface area contributed by atoms with E-state index < -0.39 is 22.9 Å². The zero-order valence-corrected chi connectivity index (χ0v) is 10.7. The highest BCUT2D eigenvalue weighted by Crippen LogP contribution is 2.20. The van der Waals surface area contributed by atoms with Crippen molar-refractivity contribution in [2.45, 2.75) is 6.04 Å². The number of likely N-dealkylation sites (N-methyl/N-ethyl adjacent to an activating group) is 2. The standard InChI is InChI=1S/C10H15N4O4/c1-11(2)6-5-7-8(14(17)18)9(15)13(4)10(16)12(7)3/h5-6,8H,1-4H3/q+1. The molecule has 0 aromatic rings. The molecule has 0 saturated carbocycles. The number of rotatable bonds is 2. The quantitative estimate of drug-likeness (QED) is 0.285. The van der Waals surface area contributed by atoms with E-state index in [1.807, 2.05) is 0 Å². The predicted molar refractivity (Wildman–Crippen MR) is 63.0 cm³/mol. The highest BCUT2D eigenvalue weighted by molar-refractivity contribution is 6.02. The first kappa shape index (κ1) is 13.8. The smallest absolute Gasteiger partial charge is 0.293 e. The van der Waals surface area contributed by atoms with E-state index in [1.165, 1.54) is 20.2 Å². The highest BCUT2D eigenvalue weighted by Gasteiger charge is 2.47. The number of amides is 3. The number of carbonyl (C=O) groups excluding carboxylic acids is 2. The Kier molecular flexibility index (Phi) is 3.79. The molecule has 0 bridgehead atoms. The molecule has 8 heteroatoms. The number of urea groups is 1. The second-order valence-corrected chi connectivity index (χ2v) is 4.13. The van der Waals surface area contributed by atoms with Crippen LogP contribution < -0.4 is 0 Å². The number of hydrogen-bond acceptors (Lipinski definition) is 4. The molecule has 3 amide bonds. The molecule has 0 aliphatic carbocycles. The molecule has 0 aromatic heterocycles. The maximum atomic E-state index is 11.7. The van der Waals surface area contributed by atoms with Crippen LogP contribution in [0.4, 0.5) is 4.79 Å². The SMILES string of the molecule is CN1C(=O)C([N+](=O)[O-])/C(=C\C=[N+](C)C)N(C)C1=O. The number of nitro groups is 1. The lowest BCUT2D eigenvalue weighted by molar-refractivity contribution is -0.501. The van der Waals surface area contributed by atoms with Crippen molar-refractivity contribution in [2.75, 3.05) is 28.2 Å². The molecule has 0 N–H and O–H groups in total. The van der Waals surface area contributed by atoms with E-state index in [0.29, 0.717) is 0 Å². The molecule has 1 aliphatic rings. The first-order valence-corrected chi connectivity index (χ1v) is 5.17. The number of hydrogen-bond donors (Lipinski definition) is 0.